The molecular weight excluding hydrogens is 392 g/mol. The predicted molar refractivity (Wildman–Crippen MR) is 108 cm³/mol. The van der Waals surface area contributed by atoms with E-state index in [1.165, 1.54) is 18.2 Å². The number of nitro benzene ring substituents is 1. The van der Waals surface area contributed by atoms with E-state index in [0.717, 1.165) is 5.52 Å². The minimum atomic E-state index is -0.751. The van der Waals surface area contributed by atoms with E-state index >= 15 is 0 Å². The lowest BCUT2D eigenvalue weighted by Gasteiger charge is -2.06. The summed E-state index contributed by atoms with van der Waals surface area (Å²) in [5, 5.41) is 29.7. The summed E-state index contributed by atoms with van der Waals surface area (Å²) >= 11 is 0. The first-order valence-corrected chi connectivity index (χ1v) is 9.21. The summed E-state index contributed by atoms with van der Waals surface area (Å²) in [6, 6.07) is 12.9. The Morgan fingerprint density at radius 2 is 1.93 bits per heavy atom. The molecule has 0 saturated carbocycles. The van der Waals surface area contributed by atoms with Crippen LogP contribution in [0.5, 0.6) is 11.6 Å². The number of rotatable bonds is 9. The number of ether oxygens (including phenoxy) is 2. The van der Waals surface area contributed by atoms with Crippen LogP contribution in [0.4, 0.5) is 11.4 Å². The lowest BCUT2D eigenvalue weighted by atomic mass is 10.2. The van der Waals surface area contributed by atoms with Gasteiger partial charge in [-0.15, -0.1) is 10.2 Å². The molecule has 2 aromatic carbocycles. The van der Waals surface area contributed by atoms with Gasteiger partial charge in [-0.25, -0.2) is 0 Å². The highest BCUT2D eigenvalue weighted by atomic mass is 16.6. The van der Waals surface area contributed by atoms with Gasteiger partial charge in [0.2, 0.25) is 5.88 Å². The van der Waals surface area contributed by atoms with Gasteiger partial charge in [-0.2, -0.15) is 0 Å². The number of amides is 1. The van der Waals surface area contributed by atoms with Crippen molar-refractivity contribution >= 4 is 28.2 Å². The third-order valence-electron chi connectivity index (χ3n) is 4.26. The highest BCUT2D eigenvalue weighted by molar-refractivity contribution is 5.95. The number of hydrogen-bond donors (Lipinski definition) is 1. The van der Waals surface area contributed by atoms with Gasteiger partial charge in [0.05, 0.1) is 17.0 Å². The maximum atomic E-state index is 12.1. The van der Waals surface area contributed by atoms with E-state index in [9.17, 15) is 20.0 Å². The largest absolute Gasteiger partial charge is 0.493 e. The number of nitro groups is 1. The molecule has 1 aromatic heterocycles. The molecule has 0 bridgehead atoms. The molecule has 1 amide bonds. The van der Waals surface area contributed by atoms with Crippen molar-refractivity contribution in [2.75, 3.05) is 19.8 Å². The van der Waals surface area contributed by atoms with Gasteiger partial charge in [-0.1, -0.05) is 30.3 Å². The van der Waals surface area contributed by atoms with Crippen molar-refractivity contribution in [3.63, 3.8) is 0 Å². The summed E-state index contributed by atoms with van der Waals surface area (Å²) in [6.45, 7) is 2.72. The molecule has 10 nitrogen and oxygen atoms in total. The third-order valence-corrected chi connectivity index (χ3v) is 4.26. The summed E-state index contributed by atoms with van der Waals surface area (Å²) in [6.07, 6.45) is 0. The molecule has 0 atom stereocenters. The normalized spacial score (nSPS) is 11.2. The van der Waals surface area contributed by atoms with Crippen LogP contribution in [0.15, 0.2) is 58.8 Å². The number of hydrogen-bond acceptors (Lipinski definition) is 7. The molecular formula is C20H20N4O6. The Bertz CT molecular complexity index is 1090. The minimum absolute atomic E-state index is 0.0403. The van der Waals surface area contributed by atoms with E-state index in [2.05, 4.69) is 10.2 Å². The molecule has 0 aliphatic heterocycles. The fourth-order valence-corrected chi connectivity index (χ4v) is 2.90. The average molecular weight is 412 g/mol. The van der Waals surface area contributed by atoms with Crippen LogP contribution in [0.25, 0.3) is 10.9 Å². The Morgan fingerprint density at radius 3 is 2.70 bits per heavy atom. The van der Waals surface area contributed by atoms with Crippen molar-refractivity contribution in [1.29, 1.82) is 0 Å². The summed E-state index contributed by atoms with van der Waals surface area (Å²) in [5.74, 6) is -0.924. The zero-order chi connectivity index (χ0) is 21.5. The van der Waals surface area contributed by atoms with E-state index in [-0.39, 0.29) is 23.0 Å². The summed E-state index contributed by atoms with van der Waals surface area (Å²) in [5.41, 5.74) is 0.630. The molecule has 30 heavy (non-hydrogen) atoms. The summed E-state index contributed by atoms with van der Waals surface area (Å²) < 4.78 is 12.2. The van der Waals surface area contributed by atoms with Crippen molar-refractivity contribution in [3.05, 3.63) is 58.6 Å². The first-order valence-electron chi connectivity index (χ1n) is 9.21. The zero-order valence-electron chi connectivity index (χ0n) is 16.2. The van der Waals surface area contributed by atoms with Crippen LogP contribution in [0, 0.1) is 10.1 Å². The van der Waals surface area contributed by atoms with E-state index in [0.29, 0.717) is 25.1 Å². The quantitative estimate of drug-likeness (QED) is 0.245. The Balaban J connectivity index is 1.76. The van der Waals surface area contributed by atoms with Gasteiger partial charge in [-0.3, -0.25) is 14.9 Å². The van der Waals surface area contributed by atoms with E-state index in [1.54, 1.807) is 22.8 Å². The van der Waals surface area contributed by atoms with Crippen LogP contribution < -0.4 is 4.74 Å². The van der Waals surface area contributed by atoms with Crippen molar-refractivity contribution in [2.24, 2.45) is 10.2 Å². The molecule has 0 spiro atoms. The van der Waals surface area contributed by atoms with Crippen molar-refractivity contribution in [2.45, 2.75) is 13.5 Å². The number of azo groups is 1. The van der Waals surface area contributed by atoms with Crippen LogP contribution >= 0.6 is 0 Å². The van der Waals surface area contributed by atoms with Crippen molar-refractivity contribution in [3.8, 4) is 11.6 Å². The molecule has 1 N–H and O–H groups in total. The molecule has 0 radical (unpaired) electrons. The van der Waals surface area contributed by atoms with E-state index in [4.69, 9.17) is 9.47 Å². The second kappa shape index (κ2) is 9.61. The van der Waals surface area contributed by atoms with Crippen LogP contribution in [0.2, 0.25) is 0 Å². The first-order chi connectivity index (χ1) is 14.5. The third kappa shape index (κ3) is 4.61. The van der Waals surface area contributed by atoms with E-state index in [1.807, 2.05) is 19.1 Å². The summed E-state index contributed by atoms with van der Waals surface area (Å²) in [4.78, 5) is 22.5. The van der Waals surface area contributed by atoms with E-state index < -0.39 is 17.4 Å². The van der Waals surface area contributed by atoms with Crippen molar-refractivity contribution < 1.29 is 24.3 Å². The fourth-order valence-electron chi connectivity index (χ4n) is 2.90. The molecule has 156 valence electrons. The number of benzene rings is 2. The molecule has 1 heterocycles. The average Bonchev–Trinajstić information content (AvgIpc) is 3.02. The number of nitrogens with zero attached hydrogens (tertiary/aromatic N) is 4. The van der Waals surface area contributed by atoms with Crippen LogP contribution in [0.1, 0.15) is 6.92 Å². The molecule has 0 aliphatic rings. The topological polar surface area (TPSA) is 129 Å². The smallest absolute Gasteiger partial charge is 0.310 e. The van der Waals surface area contributed by atoms with Gasteiger partial charge >= 0.3 is 11.6 Å². The standard InChI is InChI=1S/C20H20N4O6/c1-2-29-12-11-23-15-8-4-3-7-14(15)19(20(23)26)22-21-18(25)13-30-17-10-6-5-9-16(17)24(27)28/h3-10,26H,2,11-13H2,1H3. The lowest BCUT2D eigenvalue weighted by molar-refractivity contribution is -0.385. The molecule has 0 saturated heterocycles. The van der Waals surface area contributed by atoms with Gasteiger partial charge in [-0.05, 0) is 19.1 Å². The second-order valence-corrected chi connectivity index (χ2v) is 6.15. The van der Waals surface area contributed by atoms with Gasteiger partial charge in [0.25, 0.3) is 0 Å². The van der Waals surface area contributed by atoms with Crippen LogP contribution in [0.3, 0.4) is 0 Å². The number of carbonyl (C=O) groups is 1. The Hall–Kier alpha value is -3.79. The highest BCUT2D eigenvalue weighted by Gasteiger charge is 2.17. The monoisotopic (exact) mass is 412 g/mol. The number of aromatic nitrogens is 1. The van der Waals surface area contributed by atoms with Gasteiger partial charge < -0.3 is 19.1 Å². The number of carbonyl (C=O) groups excluding carboxylic acids is 1. The van der Waals surface area contributed by atoms with Gasteiger partial charge in [0.15, 0.2) is 18.0 Å². The predicted octanol–water partition coefficient (Wildman–Crippen LogP) is 3.98. The maximum Gasteiger partial charge on any atom is 0.310 e. The Labute approximate surface area is 171 Å². The fraction of sp³-hybridized carbons (Fsp3) is 0.250. The highest BCUT2D eigenvalue weighted by Crippen LogP contribution is 2.38. The summed E-state index contributed by atoms with van der Waals surface area (Å²) in [7, 11) is 0. The molecule has 10 heteroatoms. The SMILES string of the molecule is CCOCCn1c(O)c(N=NC(=O)COc2ccccc2[N+](=O)[O-])c2ccccc21. The Kier molecular flexibility index (Phi) is 6.71. The number of aromatic hydroxyl groups is 1. The van der Waals surface area contributed by atoms with Crippen LogP contribution in [-0.4, -0.2) is 40.3 Å². The number of fused-ring (bicyclic) bond motifs is 1. The molecule has 3 aromatic rings. The zero-order valence-corrected chi connectivity index (χ0v) is 16.2. The van der Waals surface area contributed by atoms with Gasteiger partial charge in [0.1, 0.15) is 0 Å². The molecule has 0 unspecified atom stereocenters. The second-order valence-electron chi connectivity index (χ2n) is 6.15. The first kappa shape index (κ1) is 20.9. The maximum absolute atomic E-state index is 12.1. The van der Waals surface area contributed by atoms with Crippen molar-refractivity contribution in [1.82, 2.24) is 4.57 Å². The Morgan fingerprint density at radius 1 is 1.20 bits per heavy atom. The lowest BCUT2D eigenvalue weighted by Crippen LogP contribution is -2.09. The molecule has 0 fully saturated rings. The molecule has 3 rings (SSSR count). The van der Waals surface area contributed by atoms with Gasteiger partial charge in [0, 0.05) is 24.6 Å². The van der Waals surface area contributed by atoms with Crippen LogP contribution in [-0.2, 0) is 16.1 Å². The number of para-hydroxylation sites is 3. The minimum Gasteiger partial charge on any atom is -0.493 e. The molecule has 0 aliphatic carbocycles.